The summed E-state index contributed by atoms with van der Waals surface area (Å²) in [7, 11) is 0. The zero-order valence-corrected chi connectivity index (χ0v) is 12.3. The fraction of sp³-hybridized carbons (Fsp3) is 0.333. The monoisotopic (exact) mass is 253 g/mol. The summed E-state index contributed by atoms with van der Waals surface area (Å²) in [4.78, 5) is 0. The molecule has 19 heavy (non-hydrogen) atoms. The fourth-order valence-electron chi connectivity index (χ4n) is 2.61. The van der Waals surface area contributed by atoms with Gasteiger partial charge < -0.3 is 5.73 Å². The Morgan fingerprint density at radius 2 is 1.47 bits per heavy atom. The van der Waals surface area contributed by atoms with Crippen LogP contribution >= 0.6 is 0 Å². The van der Waals surface area contributed by atoms with E-state index >= 15 is 0 Å². The Kier molecular flexibility index (Phi) is 4.06. The average Bonchev–Trinajstić information content (AvgIpc) is 2.33. The predicted molar refractivity (Wildman–Crippen MR) is 82.5 cm³/mol. The van der Waals surface area contributed by atoms with Crippen molar-refractivity contribution in [3.8, 4) is 0 Å². The minimum Gasteiger partial charge on any atom is -0.324 e. The lowest BCUT2D eigenvalue weighted by Crippen LogP contribution is -2.15. The van der Waals surface area contributed by atoms with Crippen LogP contribution in [-0.4, -0.2) is 0 Å². The van der Waals surface area contributed by atoms with Gasteiger partial charge in [-0.25, -0.2) is 0 Å². The molecule has 0 aliphatic heterocycles. The van der Waals surface area contributed by atoms with Crippen molar-refractivity contribution in [1.29, 1.82) is 0 Å². The summed E-state index contributed by atoms with van der Waals surface area (Å²) in [5.74, 6) is 0. The van der Waals surface area contributed by atoms with E-state index in [1.165, 1.54) is 33.4 Å². The van der Waals surface area contributed by atoms with Crippen LogP contribution in [0.5, 0.6) is 0 Å². The van der Waals surface area contributed by atoms with E-state index < -0.39 is 0 Å². The van der Waals surface area contributed by atoms with Crippen LogP contribution in [-0.2, 0) is 6.42 Å². The second-order valence-corrected chi connectivity index (χ2v) is 5.60. The van der Waals surface area contributed by atoms with Gasteiger partial charge in [0, 0.05) is 6.04 Å². The lowest BCUT2D eigenvalue weighted by molar-refractivity contribution is 0.713. The third-order valence-electron chi connectivity index (χ3n) is 3.77. The largest absolute Gasteiger partial charge is 0.324 e. The second kappa shape index (κ2) is 5.58. The number of nitrogens with two attached hydrogens (primary N) is 1. The summed E-state index contributed by atoms with van der Waals surface area (Å²) in [5, 5.41) is 0. The Labute approximate surface area is 116 Å². The topological polar surface area (TPSA) is 26.0 Å². The summed E-state index contributed by atoms with van der Waals surface area (Å²) in [6.45, 7) is 8.55. The Morgan fingerprint density at radius 1 is 0.842 bits per heavy atom. The molecular weight excluding hydrogens is 230 g/mol. The molecule has 0 heterocycles. The molecule has 0 saturated heterocycles. The third-order valence-corrected chi connectivity index (χ3v) is 3.77. The van der Waals surface area contributed by atoms with Crippen molar-refractivity contribution < 1.29 is 0 Å². The van der Waals surface area contributed by atoms with E-state index in [2.05, 4.69) is 64.1 Å². The van der Waals surface area contributed by atoms with Crippen LogP contribution < -0.4 is 5.73 Å². The van der Waals surface area contributed by atoms with Gasteiger partial charge >= 0.3 is 0 Å². The maximum atomic E-state index is 6.40. The highest BCUT2D eigenvalue weighted by atomic mass is 14.6. The number of hydrogen-bond donors (Lipinski definition) is 1. The van der Waals surface area contributed by atoms with E-state index in [1.807, 2.05) is 0 Å². The molecule has 100 valence electrons. The summed E-state index contributed by atoms with van der Waals surface area (Å²) in [6.07, 6.45) is 0.900. The highest BCUT2D eigenvalue weighted by Gasteiger charge is 2.11. The number of aryl methyl sites for hydroxylation is 4. The third kappa shape index (κ3) is 3.24. The van der Waals surface area contributed by atoms with Gasteiger partial charge in [-0.15, -0.1) is 0 Å². The molecule has 0 aliphatic carbocycles. The van der Waals surface area contributed by atoms with E-state index in [0.717, 1.165) is 6.42 Å². The highest BCUT2D eigenvalue weighted by molar-refractivity contribution is 5.36. The number of rotatable bonds is 3. The molecule has 1 atom stereocenters. The van der Waals surface area contributed by atoms with E-state index in [9.17, 15) is 0 Å². The quantitative estimate of drug-likeness (QED) is 0.873. The molecule has 2 aromatic carbocycles. The summed E-state index contributed by atoms with van der Waals surface area (Å²) in [6, 6.07) is 13.2. The number of benzene rings is 2. The van der Waals surface area contributed by atoms with Gasteiger partial charge in [0.25, 0.3) is 0 Å². The molecule has 0 radical (unpaired) electrons. The first kappa shape index (κ1) is 13.8. The normalized spacial score (nSPS) is 12.5. The lowest BCUT2D eigenvalue weighted by Gasteiger charge is -2.17. The SMILES string of the molecule is Cc1ccc(C(N)Cc2cc(C)ccc2C)c(C)c1. The Bertz CT molecular complexity index is 584. The number of hydrogen-bond acceptors (Lipinski definition) is 1. The fourth-order valence-corrected chi connectivity index (χ4v) is 2.61. The van der Waals surface area contributed by atoms with Gasteiger partial charge in [-0.1, -0.05) is 47.5 Å². The first-order valence-corrected chi connectivity index (χ1v) is 6.86. The molecule has 1 unspecified atom stereocenters. The Morgan fingerprint density at radius 3 is 2.16 bits per heavy atom. The molecular formula is C18H23N. The molecule has 2 N–H and O–H groups in total. The van der Waals surface area contributed by atoms with Gasteiger partial charge in [-0.05, 0) is 56.4 Å². The molecule has 1 nitrogen and oxygen atoms in total. The van der Waals surface area contributed by atoms with E-state index in [4.69, 9.17) is 5.73 Å². The molecule has 2 rings (SSSR count). The first-order valence-electron chi connectivity index (χ1n) is 6.86. The molecule has 0 aromatic heterocycles. The molecule has 0 spiro atoms. The van der Waals surface area contributed by atoms with Crippen LogP contribution in [0.2, 0.25) is 0 Å². The van der Waals surface area contributed by atoms with Crippen LogP contribution in [0.15, 0.2) is 36.4 Å². The maximum absolute atomic E-state index is 6.40. The minimum absolute atomic E-state index is 0.0705. The van der Waals surface area contributed by atoms with Crippen molar-refractivity contribution in [2.24, 2.45) is 5.73 Å². The molecule has 0 fully saturated rings. The van der Waals surface area contributed by atoms with Gasteiger partial charge in [-0.3, -0.25) is 0 Å². The molecule has 0 saturated carbocycles. The van der Waals surface area contributed by atoms with Crippen LogP contribution in [0, 0.1) is 27.7 Å². The summed E-state index contributed by atoms with van der Waals surface area (Å²) in [5.41, 5.74) is 14.2. The van der Waals surface area contributed by atoms with Crippen molar-refractivity contribution >= 4 is 0 Å². The average molecular weight is 253 g/mol. The second-order valence-electron chi connectivity index (χ2n) is 5.60. The standard InChI is InChI=1S/C18H23N/c1-12-6-8-17(15(4)9-12)18(19)11-16-10-13(2)5-7-14(16)3/h5-10,18H,11,19H2,1-4H3. The molecule has 0 bridgehead atoms. The van der Waals surface area contributed by atoms with Crippen LogP contribution in [0.3, 0.4) is 0 Å². The van der Waals surface area contributed by atoms with Crippen molar-refractivity contribution in [3.05, 3.63) is 69.8 Å². The minimum atomic E-state index is 0.0705. The van der Waals surface area contributed by atoms with Gasteiger partial charge in [0.1, 0.15) is 0 Å². The highest BCUT2D eigenvalue weighted by Crippen LogP contribution is 2.22. The smallest absolute Gasteiger partial charge is 0.0338 e. The first-order chi connectivity index (χ1) is 8.97. The van der Waals surface area contributed by atoms with Crippen LogP contribution in [0.25, 0.3) is 0 Å². The van der Waals surface area contributed by atoms with Crippen molar-refractivity contribution in [2.75, 3.05) is 0 Å². The van der Waals surface area contributed by atoms with Crippen LogP contribution in [0.1, 0.15) is 39.4 Å². The van der Waals surface area contributed by atoms with Gasteiger partial charge in [0.05, 0.1) is 0 Å². The lowest BCUT2D eigenvalue weighted by atomic mass is 9.92. The van der Waals surface area contributed by atoms with Crippen LogP contribution in [0.4, 0.5) is 0 Å². The van der Waals surface area contributed by atoms with Gasteiger partial charge in [-0.2, -0.15) is 0 Å². The predicted octanol–water partition coefficient (Wildman–Crippen LogP) is 4.16. The van der Waals surface area contributed by atoms with Gasteiger partial charge in [0.15, 0.2) is 0 Å². The summed E-state index contributed by atoms with van der Waals surface area (Å²) < 4.78 is 0. The maximum Gasteiger partial charge on any atom is 0.0338 e. The zero-order chi connectivity index (χ0) is 14.0. The van der Waals surface area contributed by atoms with Crippen molar-refractivity contribution in [3.63, 3.8) is 0 Å². The van der Waals surface area contributed by atoms with E-state index in [0.29, 0.717) is 0 Å². The molecule has 0 aliphatic rings. The van der Waals surface area contributed by atoms with Gasteiger partial charge in [0.2, 0.25) is 0 Å². The van der Waals surface area contributed by atoms with Crippen molar-refractivity contribution in [2.45, 2.75) is 40.2 Å². The zero-order valence-electron chi connectivity index (χ0n) is 12.3. The van der Waals surface area contributed by atoms with E-state index in [1.54, 1.807) is 0 Å². The molecule has 2 aromatic rings. The Balaban J connectivity index is 2.25. The van der Waals surface area contributed by atoms with E-state index in [-0.39, 0.29) is 6.04 Å². The summed E-state index contributed by atoms with van der Waals surface area (Å²) >= 11 is 0. The Hall–Kier alpha value is -1.60. The molecule has 1 heteroatoms. The van der Waals surface area contributed by atoms with Crippen molar-refractivity contribution in [1.82, 2.24) is 0 Å². The molecule has 0 amide bonds.